The van der Waals surface area contributed by atoms with Gasteiger partial charge in [-0.05, 0) is 34.1 Å². The number of ether oxygens (including phenoxy) is 3. The molecule has 2 aromatic carbocycles. The van der Waals surface area contributed by atoms with Crippen molar-refractivity contribution in [3.8, 4) is 5.75 Å². The Hall–Kier alpha value is -2.38. The summed E-state index contributed by atoms with van der Waals surface area (Å²) in [5, 5.41) is 0. The summed E-state index contributed by atoms with van der Waals surface area (Å²) in [6, 6.07) is 13.9. The first kappa shape index (κ1) is 19.4. The molecule has 0 aliphatic carbocycles. The maximum absolute atomic E-state index is 13.0. The number of carbonyl (C=O) groups excluding carboxylic acids is 2. The molecule has 1 atom stereocenters. The first-order chi connectivity index (χ1) is 13.1. The van der Waals surface area contributed by atoms with Crippen molar-refractivity contribution in [1.82, 2.24) is 4.90 Å². The molecule has 1 fully saturated rings. The van der Waals surface area contributed by atoms with Gasteiger partial charge in [0.15, 0.2) is 0 Å². The van der Waals surface area contributed by atoms with Crippen LogP contribution in [0.25, 0.3) is 0 Å². The Bertz CT molecular complexity index is 805. The Balaban J connectivity index is 1.83. The van der Waals surface area contributed by atoms with Crippen molar-refractivity contribution in [2.45, 2.75) is 6.10 Å². The molecule has 0 spiro atoms. The Kier molecular flexibility index (Phi) is 6.47. The number of nitrogens with zero attached hydrogens (tertiary/aromatic N) is 1. The Labute approximate surface area is 166 Å². The third kappa shape index (κ3) is 4.67. The second-order valence-corrected chi connectivity index (χ2v) is 6.84. The average molecular weight is 434 g/mol. The standard InChI is InChI=1S/C20H20BrNO5/c1-25-17-8-7-15(13-16(17)21)20(24)27-18(14-5-3-2-4-6-14)19(23)22-9-11-26-12-10-22/h2-8,13,18H,9-12H2,1H3/t18-/m1/s1. The van der Waals surface area contributed by atoms with Crippen LogP contribution in [0.15, 0.2) is 53.0 Å². The number of amides is 1. The second kappa shape index (κ2) is 9.01. The van der Waals surface area contributed by atoms with Crippen LogP contribution >= 0.6 is 15.9 Å². The third-order valence-electron chi connectivity index (χ3n) is 4.26. The molecule has 0 unspecified atom stereocenters. The van der Waals surface area contributed by atoms with Crippen LogP contribution in [0.2, 0.25) is 0 Å². The minimum Gasteiger partial charge on any atom is -0.496 e. The van der Waals surface area contributed by atoms with E-state index in [1.165, 1.54) is 0 Å². The molecule has 7 heteroatoms. The lowest BCUT2D eigenvalue weighted by atomic mass is 10.1. The molecule has 6 nitrogen and oxygen atoms in total. The summed E-state index contributed by atoms with van der Waals surface area (Å²) in [7, 11) is 1.55. The van der Waals surface area contributed by atoms with Gasteiger partial charge in [0.1, 0.15) is 5.75 Å². The van der Waals surface area contributed by atoms with Gasteiger partial charge in [-0.25, -0.2) is 4.79 Å². The zero-order valence-electron chi connectivity index (χ0n) is 14.9. The van der Waals surface area contributed by atoms with E-state index >= 15 is 0 Å². The predicted octanol–water partition coefficient (Wildman–Crippen LogP) is 3.21. The summed E-state index contributed by atoms with van der Waals surface area (Å²) in [4.78, 5) is 27.4. The van der Waals surface area contributed by atoms with E-state index in [0.717, 1.165) is 0 Å². The summed E-state index contributed by atoms with van der Waals surface area (Å²) in [6.45, 7) is 1.92. The van der Waals surface area contributed by atoms with Gasteiger partial charge in [0, 0.05) is 18.7 Å². The average Bonchev–Trinajstić information content (AvgIpc) is 2.72. The minimum atomic E-state index is -1.00. The monoisotopic (exact) mass is 433 g/mol. The largest absolute Gasteiger partial charge is 0.496 e. The number of hydrogen-bond acceptors (Lipinski definition) is 5. The fourth-order valence-corrected chi connectivity index (χ4v) is 3.35. The smallest absolute Gasteiger partial charge is 0.339 e. The molecular weight excluding hydrogens is 414 g/mol. The summed E-state index contributed by atoms with van der Waals surface area (Å²) in [5.41, 5.74) is 0.966. The summed E-state index contributed by atoms with van der Waals surface area (Å²) in [5.74, 6) is -0.213. The fourth-order valence-electron chi connectivity index (χ4n) is 2.81. The number of carbonyl (C=O) groups is 2. The molecule has 1 aliphatic rings. The van der Waals surface area contributed by atoms with Crippen LogP contribution in [0.4, 0.5) is 0 Å². The molecule has 142 valence electrons. The van der Waals surface area contributed by atoms with Gasteiger partial charge in [-0.15, -0.1) is 0 Å². The molecule has 0 N–H and O–H groups in total. The lowest BCUT2D eigenvalue weighted by Gasteiger charge is -2.30. The molecule has 1 amide bonds. The molecule has 1 aliphatic heterocycles. The Morgan fingerprint density at radius 1 is 1.11 bits per heavy atom. The van der Waals surface area contributed by atoms with E-state index in [1.807, 2.05) is 18.2 Å². The van der Waals surface area contributed by atoms with E-state index in [4.69, 9.17) is 14.2 Å². The number of halogens is 1. The molecule has 1 saturated heterocycles. The highest BCUT2D eigenvalue weighted by atomic mass is 79.9. The van der Waals surface area contributed by atoms with Crippen LogP contribution < -0.4 is 4.74 Å². The first-order valence-corrected chi connectivity index (χ1v) is 9.35. The van der Waals surface area contributed by atoms with Gasteiger partial charge in [-0.2, -0.15) is 0 Å². The zero-order valence-corrected chi connectivity index (χ0v) is 16.5. The van der Waals surface area contributed by atoms with E-state index in [2.05, 4.69) is 15.9 Å². The van der Waals surface area contributed by atoms with Crippen molar-refractivity contribution in [3.63, 3.8) is 0 Å². The number of morpholine rings is 1. The highest BCUT2D eigenvalue weighted by Gasteiger charge is 2.31. The third-order valence-corrected chi connectivity index (χ3v) is 4.88. The van der Waals surface area contributed by atoms with Gasteiger partial charge in [0.05, 0.1) is 30.4 Å². The van der Waals surface area contributed by atoms with Gasteiger partial charge in [0.2, 0.25) is 6.10 Å². The van der Waals surface area contributed by atoms with Crippen LogP contribution in [0, 0.1) is 0 Å². The Morgan fingerprint density at radius 2 is 1.81 bits per heavy atom. The van der Waals surface area contributed by atoms with Crippen LogP contribution in [-0.4, -0.2) is 50.2 Å². The molecule has 0 radical (unpaired) electrons. The molecular formula is C20H20BrNO5. The summed E-state index contributed by atoms with van der Waals surface area (Å²) in [6.07, 6.45) is -1.00. The van der Waals surface area contributed by atoms with Crippen LogP contribution in [0.3, 0.4) is 0 Å². The van der Waals surface area contributed by atoms with E-state index < -0.39 is 12.1 Å². The van der Waals surface area contributed by atoms with E-state index in [1.54, 1.807) is 42.3 Å². The lowest BCUT2D eigenvalue weighted by molar-refractivity contribution is -0.145. The second-order valence-electron chi connectivity index (χ2n) is 5.98. The number of benzene rings is 2. The molecule has 1 heterocycles. The molecule has 0 aromatic heterocycles. The normalized spacial score (nSPS) is 15.1. The number of methoxy groups -OCH3 is 1. The molecule has 0 saturated carbocycles. The summed E-state index contributed by atoms with van der Waals surface area (Å²) >= 11 is 3.36. The zero-order chi connectivity index (χ0) is 19.2. The van der Waals surface area contributed by atoms with Crippen molar-refractivity contribution >= 4 is 27.8 Å². The lowest BCUT2D eigenvalue weighted by Crippen LogP contribution is -2.44. The van der Waals surface area contributed by atoms with Gasteiger partial charge in [0.25, 0.3) is 5.91 Å². The van der Waals surface area contributed by atoms with Crippen molar-refractivity contribution in [2.24, 2.45) is 0 Å². The van der Waals surface area contributed by atoms with Crippen LogP contribution in [-0.2, 0) is 14.3 Å². The molecule has 2 aromatic rings. The van der Waals surface area contributed by atoms with Crippen LogP contribution in [0.5, 0.6) is 5.75 Å². The van der Waals surface area contributed by atoms with Crippen LogP contribution in [0.1, 0.15) is 22.0 Å². The van der Waals surface area contributed by atoms with Crippen molar-refractivity contribution in [1.29, 1.82) is 0 Å². The van der Waals surface area contributed by atoms with Crippen molar-refractivity contribution in [2.75, 3.05) is 33.4 Å². The maximum Gasteiger partial charge on any atom is 0.339 e. The van der Waals surface area contributed by atoms with Gasteiger partial charge in [-0.1, -0.05) is 30.3 Å². The highest BCUT2D eigenvalue weighted by Crippen LogP contribution is 2.28. The van der Waals surface area contributed by atoms with Crippen molar-refractivity contribution < 1.29 is 23.8 Å². The first-order valence-electron chi connectivity index (χ1n) is 8.56. The quantitative estimate of drug-likeness (QED) is 0.677. The highest BCUT2D eigenvalue weighted by molar-refractivity contribution is 9.10. The van der Waals surface area contributed by atoms with E-state index in [9.17, 15) is 9.59 Å². The predicted molar refractivity (Wildman–Crippen MR) is 103 cm³/mol. The number of esters is 1. The molecule has 0 bridgehead atoms. The topological polar surface area (TPSA) is 65.1 Å². The fraction of sp³-hybridized carbons (Fsp3) is 0.300. The van der Waals surface area contributed by atoms with E-state index in [-0.39, 0.29) is 5.91 Å². The number of hydrogen-bond donors (Lipinski definition) is 0. The minimum absolute atomic E-state index is 0.245. The van der Waals surface area contributed by atoms with Gasteiger partial charge in [-0.3, -0.25) is 4.79 Å². The van der Waals surface area contributed by atoms with Crippen molar-refractivity contribution in [3.05, 3.63) is 64.1 Å². The molecule has 27 heavy (non-hydrogen) atoms. The molecule has 3 rings (SSSR count). The van der Waals surface area contributed by atoms with E-state index in [0.29, 0.717) is 47.7 Å². The number of rotatable bonds is 5. The van der Waals surface area contributed by atoms with Gasteiger partial charge >= 0.3 is 5.97 Å². The SMILES string of the molecule is COc1ccc(C(=O)O[C@@H](C(=O)N2CCOCC2)c2ccccc2)cc1Br. The summed E-state index contributed by atoms with van der Waals surface area (Å²) < 4.78 is 16.7. The van der Waals surface area contributed by atoms with Gasteiger partial charge < -0.3 is 19.1 Å². The Morgan fingerprint density at radius 3 is 2.44 bits per heavy atom. The maximum atomic E-state index is 13.0.